The van der Waals surface area contributed by atoms with Gasteiger partial charge in [-0.05, 0) is 68.7 Å². The Hall–Kier alpha value is -2.40. The number of halogens is 1. The van der Waals surface area contributed by atoms with Crippen molar-refractivity contribution in [1.29, 1.82) is 0 Å². The van der Waals surface area contributed by atoms with Gasteiger partial charge in [-0.1, -0.05) is 6.07 Å². The Balaban J connectivity index is 0.00000243. The largest absolute Gasteiger partial charge is 0.494 e. The van der Waals surface area contributed by atoms with Crippen LogP contribution >= 0.6 is 12.4 Å². The van der Waals surface area contributed by atoms with Crippen LogP contribution in [-0.2, 0) is 11.2 Å². The van der Waals surface area contributed by atoms with Gasteiger partial charge in [-0.15, -0.1) is 12.4 Å². The van der Waals surface area contributed by atoms with Crippen molar-refractivity contribution in [3.8, 4) is 5.75 Å². The number of benzene rings is 2. The Morgan fingerprint density at radius 1 is 1.27 bits per heavy atom. The van der Waals surface area contributed by atoms with Gasteiger partial charge in [0.05, 0.1) is 6.61 Å². The molecule has 0 aromatic heterocycles. The van der Waals surface area contributed by atoms with Gasteiger partial charge >= 0.3 is 0 Å². The van der Waals surface area contributed by atoms with Crippen molar-refractivity contribution in [2.45, 2.75) is 32.7 Å². The second-order valence-electron chi connectivity index (χ2n) is 6.26. The van der Waals surface area contributed by atoms with Crippen LogP contribution in [0.1, 0.15) is 25.8 Å². The summed E-state index contributed by atoms with van der Waals surface area (Å²) in [6.45, 7) is 5.36. The van der Waals surface area contributed by atoms with Gasteiger partial charge in [-0.3, -0.25) is 4.79 Å². The highest BCUT2D eigenvalue weighted by Crippen LogP contribution is 2.32. The van der Waals surface area contributed by atoms with Crippen molar-refractivity contribution in [3.63, 3.8) is 0 Å². The number of nitrogens with two attached hydrogens (primary N) is 1. The third-order valence-electron chi connectivity index (χ3n) is 4.60. The van der Waals surface area contributed by atoms with E-state index in [1.165, 1.54) is 0 Å². The standard InChI is InChI=1S/C20H25N3O2.ClH/c1-3-25-16-11-9-15(10-12-16)22-20(24)14(2)23-13-5-6-17-18(21)7-4-8-19(17)23;/h4,7-12,14H,3,5-6,13,21H2,1-2H3,(H,22,24);1H. The monoisotopic (exact) mass is 375 g/mol. The van der Waals surface area contributed by atoms with Gasteiger partial charge in [0, 0.05) is 23.6 Å². The molecule has 1 unspecified atom stereocenters. The maximum absolute atomic E-state index is 12.7. The first-order valence-corrected chi connectivity index (χ1v) is 8.78. The maximum atomic E-state index is 12.7. The van der Waals surface area contributed by atoms with Crippen LogP contribution in [0, 0.1) is 0 Å². The van der Waals surface area contributed by atoms with Gasteiger partial charge < -0.3 is 20.7 Å². The number of fused-ring (bicyclic) bond motifs is 1. The van der Waals surface area contributed by atoms with Crippen LogP contribution in [0.2, 0.25) is 0 Å². The normalized spacial score (nSPS) is 14.0. The number of rotatable bonds is 5. The fraction of sp³-hybridized carbons (Fsp3) is 0.350. The third-order valence-corrected chi connectivity index (χ3v) is 4.60. The number of nitrogen functional groups attached to an aromatic ring is 1. The van der Waals surface area contributed by atoms with Gasteiger partial charge in [-0.2, -0.15) is 0 Å². The minimum absolute atomic E-state index is 0. The van der Waals surface area contributed by atoms with E-state index < -0.39 is 0 Å². The highest BCUT2D eigenvalue weighted by atomic mass is 35.5. The van der Waals surface area contributed by atoms with Crippen LogP contribution < -0.4 is 20.7 Å². The Morgan fingerprint density at radius 2 is 2.00 bits per heavy atom. The van der Waals surface area contributed by atoms with Crippen molar-refractivity contribution in [1.82, 2.24) is 0 Å². The first kappa shape index (κ1) is 19.9. The highest BCUT2D eigenvalue weighted by Gasteiger charge is 2.26. The van der Waals surface area contributed by atoms with E-state index >= 15 is 0 Å². The summed E-state index contributed by atoms with van der Waals surface area (Å²) in [6, 6.07) is 13.1. The van der Waals surface area contributed by atoms with E-state index in [0.29, 0.717) is 6.61 Å². The minimum atomic E-state index is -0.271. The quantitative estimate of drug-likeness (QED) is 0.778. The average molecular weight is 376 g/mol. The average Bonchev–Trinajstić information content (AvgIpc) is 2.63. The zero-order chi connectivity index (χ0) is 17.8. The lowest BCUT2D eigenvalue weighted by Gasteiger charge is -2.36. The molecule has 1 heterocycles. The number of anilines is 3. The molecule has 140 valence electrons. The van der Waals surface area contributed by atoms with Crippen molar-refractivity contribution < 1.29 is 9.53 Å². The summed E-state index contributed by atoms with van der Waals surface area (Å²) in [5, 5.41) is 2.99. The zero-order valence-corrected chi connectivity index (χ0v) is 16.0. The Kier molecular flexibility index (Phi) is 6.75. The molecule has 0 aliphatic carbocycles. The van der Waals surface area contributed by atoms with E-state index in [9.17, 15) is 4.79 Å². The Labute approximate surface area is 160 Å². The van der Waals surface area contributed by atoms with Crippen LogP contribution in [0.5, 0.6) is 5.75 Å². The third kappa shape index (κ3) is 4.22. The highest BCUT2D eigenvalue weighted by molar-refractivity contribution is 5.97. The molecule has 0 spiro atoms. The molecule has 2 aromatic carbocycles. The number of nitrogens with one attached hydrogen (secondary N) is 1. The van der Waals surface area contributed by atoms with Crippen molar-refractivity contribution in [3.05, 3.63) is 48.0 Å². The SMILES string of the molecule is CCOc1ccc(NC(=O)C(C)N2CCCc3c(N)cccc32)cc1.Cl. The zero-order valence-electron chi connectivity index (χ0n) is 15.2. The van der Waals surface area contributed by atoms with Gasteiger partial charge in [0.25, 0.3) is 0 Å². The van der Waals surface area contributed by atoms with Gasteiger partial charge in [-0.25, -0.2) is 0 Å². The van der Waals surface area contributed by atoms with Crippen LogP contribution in [0.3, 0.4) is 0 Å². The van der Waals surface area contributed by atoms with E-state index in [0.717, 1.165) is 47.8 Å². The topological polar surface area (TPSA) is 67.6 Å². The molecule has 3 rings (SSSR count). The predicted octanol–water partition coefficient (Wildman–Crippen LogP) is 3.87. The van der Waals surface area contributed by atoms with E-state index in [1.807, 2.05) is 56.3 Å². The summed E-state index contributed by atoms with van der Waals surface area (Å²) in [7, 11) is 0. The summed E-state index contributed by atoms with van der Waals surface area (Å²) >= 11 is 0. The summed E-state index contributed by atoms with van der Waals surface area (Å²) < 4.78 is 5.43. The molecule has 2 aromatic rings. The fourth-order valence-electron chi connectivity index (χ4n) is 3.27. The molecular formula is C20H26ClN3O2. The van der Waals surface area contributed by atoms with Crippen LogP contribution in [0.4, 0.5) is 17.1 Å². The van der Waals surface area contributed by atoms with Gasteiger partial charge in [0.2, 0.25) is 5.91 Å². The molecule has 3 N–H and O–H groups in total. The first-order valence-electron chi connectivity index (χ1n) is 8.78. The van der Waals surface area contributed by atoms with Gasteiger partial charge in [0.15, 0.2) is 0 Å². The van der Waals surface area contributed by atoms with E-state index in [1.54, 1.807) is 0 Å². The number of carbonyl (C=O) groups is 1. The molecule has 1 atom stereocenters. The van der Waals surface area contributed by atoms with Gasteiger partial charge in [0.1, 0.15) is 11.8 Å². The molecule has 0 radical (unpaired) electrons. The van der Waals surface area contributed by atoms with E-state index in [-0.39, 0.29) is 24.4 Å². The van der Waals surface area contributed by atoms with Crippen LogP contribution in [0.15, 0.2) is 42.5 Å². The lowest BCUT2D eigenvalue weighted by Crippen LogP contribution is -2.44. The summed E-state index contributed by atoms with van der Waals surface area (Å²) in [6.07, 6.45) is 1.97. The molecule has 0 fully saturated rings. The summed E-state index contributed by atoms with van der Waals surface area (Å²) in [5.41, 5.74) is 9.90. The smallest absolute Gasteiger partial charge is 0.246 e. The molecule has 5 nitrogen and oxygen atoms in total. The van der Waals surface area contributed by atoms with Crippen LogP contribution in [-0.4, -0.2) is 25.1 Å². The van der Waals surface area contributed by atoms with Crippen LogP contribution in [0.25, 0.3) is 0 Å². The fourth-order valence-corrected chi connectivity index (χ4v) is 3.27. The lowest BCUT2D eigenvalue weighted by atomic mass is 9.98. The van der Waals surface area contributed by atoms with Crippen molar-refractivity contribution in [2.24, 2.45) is 0 Å². The van der Waals surface area contributed by atoms with Crippen molar-refractivity contribution in [2.75, 3.05) is 29.1 Å². The molecule has 6 heteroatoms. The second kappa shape index (κ2) is 8.81. The Bertz CT molecular complexity index is 749. The number of hydrogen-bond acceptors (Lipinski definition) is 4. The number of carbonyl (C=O) groups excluding carboxylic acids is 1. The number of amides is 1. The van der Waals surface area contributed by atoms with E-state index in [4.69, 9.17) is 10.5 Å². The lowest BCUT2D eigenvalue weighted by molar-refractivity contribution is -0.117. The first-order chi connectivity index (χ1) is 12.1. The predicted molar refractivity (Wildman–Crippen MR) is 109 cm³/mol. The molecule has 1 aliphatic heterocycles. The second-order valence-corrected chi connectivity index (χ2v) is 6.26. The number of ether oxygens (including phenoxy) is 1. The molecule has 1 amide bonds. The molecule has 0 bridgehead atoms. The Morgan fingerprint density at radius 3 is 2.69 bits per heavy atom. The molecule has 0 saturated heterocycles. The minimum Gasteiger partial charge on any atom is -0.494 e. The molecule has 1 aliphatic rings. The summed E-state index contributed by atoms with van der Waals surface area (Å²) in [4.78, 5) is 14.8. The van der Waals surface area contributed by atoms with Crippen molar-refractivity contribution >= 4 is 35.4 Å². The number of nitrogens with zero attached hydrogens (tertiary/aromatic N) is 1. The number of hydrogen-bond donors (Lipinski definition) is 2. The molecular weight excluding hydrogens is 350 g/mol. The molecule has 0 saturated carbocycles. The van der Waals surface area contributed by atoms with E-state index in [2.05, 4.69) is 10.2 Å². The summed E-state index contributed by atoms with van der Waals surface area (Å²) in [5.74, 6) is 0.772. The maximum Gasteiger partial charge on any atom is 0.246 e. The molecule has 26 heavy (non-hydrogen) atoms.